The molecular formula is C22H30N2O3. The van der Waals surface area contributed by atoms with Gasteiger partial charge in [0.15, 0.2) is 11.5 Å². The number of benzene rings is 1. The monoisotopic (exact) mass is 370 g/mol. The number of nitrogens with zero attached hydrogens (tertiary/aromatic N) is 2. The van der Waals surface area contributed by atoms with E-state index in [1.165, 1.54) is 18.4 Å². The number of aliphatic hydroxyl groups is 1. The van der Waals surface area contributed by atoms with Gasteiger partial charge in [0.25, 0.3) is 0 Å². The van der Waals surface area contributed by atoms with Gasteiger partial charge in [0, 0.05) is 24.2 Å². The van der Waals surface area contributed by atoms with Crippen molar-refractivity contribution in [1.29, 1.82) is 0 Å². The number of rotatable bonds is 3. The highest BCUT2D eigenvalue weighted by atomic mass is 16.5. The number of hydrogen-bond donors (Lipinski definition) is 2. The van der Waals surface area contributed by atoms with Crippen LogP contribution in [0.5, 0.6) is 11.5 Å². The summed E-state index contributed by atoms with van der Waals surface area (Å²) in [7, 11) is 4.22. The number of phenolic OH excluding ortho intramolecular Hbond substituents is 1. The third kappa shape index (κ3) is 1.91. The van der Waals surface area contributed by atoms with Crippen LogP contribution < -0.4 is 4.74 Å². The van der Waals surface area contributed by atoms with Crippen molar-refractivity contribution in [2.24, 2.45) is 5.92 Å². The average Bonchev–Trinajstić information content (AvgIpc) is 3.36. The number of aromatic hydroxyl groups is 1. The largest absolute Gasteiger partial charge is 0.504 e. The normalized spacial score (nSPS) is 42.1. The van der Waals surface area contributed by atoms with E-state index in [1.807, 2.05) is 0 Å². The number of likely N-dealkylation sites (N-methyl/N-ethyl adjacent to an activating group) is 1. The van der Waals surface area contributed by atoms with E-state index in [9.17, 15) is 10.2 Å². The molecule has 3 fully saturated rings. The minimum Gasteiger partial charge on any atom is -0.504 e. The first-order valence-corrected chi connectivity index (χ1v) is 10.6. The minimum atomic E-state index is -0.761. The van der Waals surface area contributed by atoms with Gasteiger partial charge in [-0.2, -0.15) is 0 Å². The second-order valence-corrected chi connectivity index (χ2v) is 9.86. The molecule has 2 heterocycles. The Morgan fingerprint density at radius 1 is 1.22 bits per heavy atom. The van der Waals surface area contributed by atoms with Gasteiger partial charge in [-0.3, -0.25) is 4.90 Å². The van der Waals surface area contributed by atoms with E-state index >= 15 is 0 Å². The van der Waals surface area contributed by atoms with Gasteiger partial charge in [0.05, 0.1) is 11.0 Å². The summed E-state index contributed by atoms with van der Waals surface area (Å²) in [5.41, 5.74) is 1.26. The van der Waals surface area contributed by atoms with Crippen molar-refractivity contribution in [2.75, 3.05) is 27.2 Å². The fraction of sp³-hybridized carbons (Fsp3) is 0.727. The maximum absolute atomic E-state index is 12.3. The first-order valence-electron chi connectivity index (χ1n) is 10.6. The molecule has 2 N–H and O–H groups in total. The van der Waals surface area contributed by atoms with Crippen LogP contribution in [0.3, 0.4) is 0 Å². The lowest BCUT2D eigenvalue weighted by Gasteiger charge is -2.64. The fourth-order valence-corrected chi connectivity index (χ4v) is 6.98. The van der Waals surface area contributed by atoms with E-state index in [1.54, 1.807) is 6.07 Å². The van der Waals surface area contributed by atoms with Crippen molar-refractivity contribution in [3.05, 3.63) is 23.3 Å². The van der Waals surface area contributed by atoms with E-state index in [2.05, 4.69) is 30.0 Å². The summed E-state index contributed by atoms with van der Waals surface area (Å²) in [6.45, 7) is 2.16. The van der Waals surface area contributed by atoms with Crippen LogP contribution in [0, 0.1) is 5.92 Å². The zero-order chi connectivity index (χ0) is 18.6. The van der Waals surface area contributed by atoms with E-state index in [0.717, 1.165) is 50.3 Å². The predicted molar refractivity (Wildman–Crippen MR) is 102 cm³/mol. The third-order valence-corrected chi connectivity index (χ3v) is 8.39. The van der Waals surface area contributed by atoms with Crippen molar-refractivity contribution < 1.29 is 14.9 Å². The van der Waals surface area contributed by atoms with Crippen LogP contribution in [-0.2, 0) is 11.8 Å². The second kappa shape index (κ2) is 5.19. The molecule has 0 unspecified atom stereocenters. The van der Waals surface area contributed by atoms with Crippen molar-refractivity contribution in [3.63, 3.8) is 0 Å². The Labute approximate surface area is 160 Å². The SMILES string of the molecule is CN(C)[C@@H]1CC[C@@]2(O)[C@@H]3Cc4ccc(O)c5c4[C@@]2(CCN3CC2CC2)[C@H]1O5. The zero-order valence-electron chi connectivity index (χ0n) is 16.3. The topological polar surface area (TPSA) is 56.2 Å². The summed E-state index contributed by atoms with van der Waals surface area (Å²) in [4.78, 5) is 4.84. The van der Waals surface area contributed by atoms with Gasteiger partial charge in [-0.25, -0.2) is 0 Å². The Balaban J connectivity index is 1.55. The van der Waals surface area contributed by atoms with Gasteiger partial charge in [0.2, 0.25) is 0 Å². The molecule has 0 amide bonds. The molecule has 5 heteroatoms. The first-order chi connectivity index (χ1) is 13.0. The third-order valence-electron chi connectivity index (χ3n) is 8.39. The molecular weight excluding hydrogens is 340 g/mol. The van der Waals surface area contributed by atoms with E-state index in [-0.39, 0.29) is 29.4 Å². The molecule has 1 saturated heterocycles. The molecule has 1 spiro atoms. The van der Waals surface area contributed by atoms with Crippen molar-refractivity contribution in [1.82, 2.24) is 9.80 Å². The molecule has 2 saturated carbocycles. The lowest BCUT2D eigenvalue weighted by Crippen LogP contribution is -2.78. The van der Waals surface area contributed by atoms with Crippen LogP contribution in [0.2, 0.25) is 0 Å². The summed E-state index contributed by atoms with van der Waals surface area (Å²) < 4.78 is 6.51. The highest BCUT2D eigenvalue weighted by Gasteiger charge is 2.73. The standard InChI is InChI=1S/C22H30N2O3/c1-23(2)15-7-8-22(26)17-11-14-5-6-16(25)19-18(14)21(22,20(15)27-19)9-10-24(17)12-13-3-4-13/h5-6,13,15,17,20,25-26H,3-4,7-12H2,1-2H3/t15-,17+,20+,21+,22-/m1/s1. The van der Waals surface area contributed by atoms with Crippen LogP contribution in [0.15, 0.2) is 12.1 Å². The van der Waals surface area contributed by atoms with Crippen LogP contribution in [-0.4, -0.2) is 71.0 Å². The molecule has 3 aliphatic carbocycles. The van der Waals surface area contributed by atoms with Gasteiger partial charge in [-0.15, -0.1) is 0 Å². The predicted octanol–water partition coefficient (Wildman–Crippen LogP) is 1.89. The molecule has 0 radical (unpaired) electrons. The van der Waals surface area contributed by atoms with Crippen LogP contribution >= 0.6 is 0 Å². The number of ether oxygens (including phenoxy) is 1. The first kappa shape index (κ1) is 16.6. The highest BCUT2D eigenvalue weighted by Crippen LogP contribution is 2.65. The van der Waals surface area contributed by atoms with Gasteiger partial charge >= 0.3 is 0 Å². The van der Waals surface area contributed by atoms with Gasteiger partial charge < -0.3 is 19.8 Å². The highest BCUT2D eigenvalue weighted by molar-refractivity contribution is 5.62. The average molecular weight is 370 g/mol. The summed E-state index contributed by atoms with van der Waals surface area (Å²) in [6, 6.07) is 4.30. The Morgan fingerprint density at radius 2 is 2.04 bits per heavy atom. The number of phenols is 1. The minimum absolute atomic E-state index is 0.0841. The second-order valence-electron chi connectivity index (χ2n) is 9.86. The summed E-state index contributed by atoms with van der Waals surface area (Å²) in [5.74, 6) is 1.71. The van der Waals surface area contributed by atoms with Crippen LogP contribution in [0.4, 0.5) is 0 Å². The maximum Gasteiger partial charge on any atom is 0.165 e. The molecule has 2 aliphatic heterocycles. The van der Waals surface area contributed by atoms with E-state index in [0.29, 0.717) is 5.75 Å². The molecule has 5 nitrogen and oxygen atoms in total. The molecule has 0 aromatic heterocycles. The van der Waals surface area contributed by atoms with E-state index in [4.69, 9.17) is 4.74 Å². The number of piperidine rings is 1. The molecule has 27 heavy (non-hydrogen) atoms. The van der Waals surface area contributed by atoms with Crippen molar-refractivity contribution >= 4 is 0 Å². The zero-order valence-corrected chi connectivity index (χ0v) is 16.3. The Bertz CT molecular complexity index is 807. The summed E-state index contributed by atoms with van der Waals surface area (Å²) in [5, 5.41) is 22.8. The molecule has 1 aromatic carbocycles. The molecule has 146 valence electrons. The van der Waals surface area contributed by atoms with E-state index < -0.39 is 5.60 Å². The fourth-order valence-electron chi connectivity index (χ4n) is 6.98. The van der Waals surface area contributed by atoms with Gasteiger partial charge in [-0.1, -0.05) is 6.07 Å². The molecule has 5 atom stereocenters. The smallest absolute Gasteiger partial charge is 0.165 e. The lowest BCUT2D eigenvalue weighted by molar-refractivity contribution is -0.198. The van der Waals surface area contributed by atoms with Gasteiger partial charge in [0.1, 0.15) is 6.10 Å². The van der Waals surface area contributed by atoms with Crippen LogP contribution in [0.1, 0.15) is 43.2 Å². The van der Waals surface area contributed by atoms with Crippen molar-refractivity contribution in [3.8, 4) is 11.5 Å². The molecule has 2 bridgehead atoms. The Morgan fingerprint density at radius 3 is 2.78 bits per heavy atom. The quantitative estimate of drug-likeness (QED) is 0.851. The summed E-state index contributed by atoms with van der Waals surface area (Å²) >= 11 is 0. The van der Waals surface area contributed by atoms with Crippen LogP contribution in [0.25, 0.3) is 0 Å². The summed E-state index contributed by atoms with van der Waals surface area (Å²) in [6.07, 6.45) is 6.15. The lowest BCUT2D eigenvalue weighted by atomic mass is 9.48. The maximum atomic E-state index is 12.3. The number of likely N-dealkylation sites (tertiary alicyclic amines) is 1. The molecule has 6 rings (SSSR count). The molecule has 5 aliphatic rings. The Kier molecular flexibility index (Phi) is 3.20. The van der Waals surface area contributed by atoms with Gasteiger partial charge in [-0.05, 0) is 76.7 Å². The Hall–Kier alpha value is -1.30. The number of hydrogen-bond acceptors (Lipinski definition) is 5. The molecule has 1 aromatic rings. The van der Waals surface area contributed by atoms with Crippen molar-refractivity contribution in [2.45, 2.75) is 67.7 Å².